The summed E-state index contributed by atoms with van der Waals surface area (Å²) in [5, 5.41) is 15.0. The minimum atomic E-state index is -0.833. The minimum Gasteiger partial charge on any atom is -0.481 e. The van der Waals surface area contributed by atoms with Gasteiger partial charge < -0.3 is 14.9 Å². The van der Waals surface area contributed by atoms with Crippen LogP contribution in [0.1, 0.15) is 67.2 Å². The number of carbonyl (C=O) groups is 2. The van der Waals surface area contributed by atoms with Crippen molar-refractivity contribution in [1.29, 1.82) is 0 Å². The lowest BCUT2D eigenvalue weighted by Gasteiger charge is -1.89. The molecule has 0 aliphatic rings. The predicted octanol–water partition coefficient (Wildman–Crippen LogP) is 3.25. The molecule has 0 aliphatic heterocycles. The van der Waals surface area contributed by atoms with Gasteiger partial charge in [-0.3, -0.25) is 9.59 Å². The van der Waals surface area contributed by atoms with Gasteiger partial charge in [0.2, 0.25) is 0 Å². The first-order valence-electron chi connectivity index (χ1n) is 6.77. The molecule has 0 radical (unpaired) electrons. The predicted molar refractivity (Wildman–Crippen MR) is 78.2 cm³/mol. The molecule has 0 heterocycles. The van der Waals surface area contributed by atoms with E-state index in [4.69, 9.17) is 15.0 Å². The Bertz CT molecular complexity index is 161. The monoisotopic (exact) mass is 280 g/mol. The van der Waals surface area contributed by atoms with Gasteiger partial charge in [-0.1, -0.05) is 39.5 Å². The smallest absolute Gasteiger partial charge is 0.302 e. The van der Waals surface area contributed by atoms with Crippen molar-refractivity contribution in [3.05, 3.63) is 0 Å². The second-order valence-electron chi connectivity index (χ2n) is 3.47. The Kier molecular flexibility index (Phi) is 42.0. The summed E-state index contributed by atoms with van der Waals surface area (Å²) in [7, 11) is 0. The molecule has 0 amide bonds. The van der Waals surface area contributed by atoms with Gasteiger partial charge in [0.25, 0.3) is 5.97 Å². The summed E-state index contributed by atoms with van der Waals surface area (Å²) in [6.07, 6.45) is 5.54. The van der Waals surface area contributed by atoms with Crippen LogP contribution in [0, 0.1) is 0 Å². The SMILES string of the molecule is CC(=O)O.CCCCCC.CCO.CCOC(C)=O. The van der Waals surface area contributed by atoms with E-state index in [9.17, 15) is 4.79 Å². The second kappa shape index (κ2) is 30.2. The van der Waals surface area contributed by atoms with Crippen molar-refractivity contribution in [3.8, 4) is 0 Å². The van der Waals surface area contributed by atoms with Crippen molar-refractivity contribution in [1.82, 2.24) is 0 Å². The van der Waals surface area contributed by atoms with Crippen LogP contribution in [0.25, 0.3) is 0 Å². The summed E-state index contributed by atoms with van der Waals surface area (Å²) >= 11 is 0. The van der Waals surface area contributed by atoms with E-state index in [0.29, 0.717) is 6.61 Å². The number of carbonyl (C=O) groups excluding carboxylic acids is 1. The van der Waals surface area contributed by atoms with Crippen LogP contribution in [-0.2, 0) is 14.3 Å². The standard InChI is InChI=1S/C6H14.C4H8O2.C2H4O2.C2H6O/c1-3-5-6-4-2;1-3-6-4(2)5;1-2(3)4;1-2-3/h3-6H2,1-2H3;3H2,1-2H3;1H3,(H,3,4);3H,2H2,1H3. The number of carboxylic acid groups (broad SMARTS) is 1. The zero-order chi connectivity index (χ0) is 16.1. The molecular formula is C14H32O5. The van der Waals surface area contributed by atoms with Crippen molar-refractivity contribution in [2.45, 2.75) is 67.2 Å². The highest BCUT2D eigenvalue weighted by molar-refractivity contribution is 5.65. The van der Waals surface area contributed by atoms with Gasteiger partial charge >= 0.3 is 5.97 Å². The van der Waals surface area contributed by atoms with E-state index in [-0.39, 0.29) is 12.6 Å². The molecule has 118 valence electrons. The van der Waals surface area contributed by atoms with E-state index < -0.39 is 5.97 Å². The van der Waals surface area contributed by atoms with Gasteiger partial charge in [0.05, 0.1) is 6.61 Å². The molecular weight excluding hydrogens is 248 g/mol. The molecule has 2 N–H and O–H groups in total. The molecule has 0 saturated carbocycles. The summed E-state index contributed by atoms with van der Waals surface area (Å²) in [5.74, 6) is -1.04. The van der Waals surface area contributed by atoms with Crippen LogP contribution in [0.3, 0.4) is 0 Å². The third-order valence-electron chi connectivity index (χ3n) is 1.30. The number of ether oxygens (including phenoxy) is 1. The average molecular weight is 280 g/mol. The van der Waals surface area contributed by atoms with Crippen LogP contribution in [0.15, 0.2) is 0 Å². The lowest BCUT2D eigenvalue weighted by atomic mass is 10.2. The zero-order valence-corrected chi connectivity index (χ0v) is 13.4. The maximum Gasteiger partial charge on any atom is 0.302 e. The largest absolute Gasteiger partial charge is 0.481 e. The number of aliphatic hydroxyl groups is 1. The van der Waals surface area contributed by atoms with Crippen molar-refractivity contribution in [3.63, 3.8) is 0 Å². The molecule has 0 aromatic carbocycles. The Labute approximate surface area is 118 Å². The van der Waals surface area contributed by atoms with E-state index in [1.807, 2.05) is 0 Å². The molecule has 0 fully saturated rings. The van der Waals surface area contributed by atoms with Crippen molar-refractivity contribution >= 4 is 11.9 Å². The maximum absolute atomic E-state index is 9.82. The number of carboxylic acids is 1. The fourth-order valence-electron chi connectivity index (χ4n) is 0.703. The highest BCUT2D eigenvalue weighted by Crippen LogP contribution is 1.95. The highest BCUT2D eigenvalue weighted by Gasteiger charge is 1.81. The normalized spacial score (nSPS) is 7.53. The number of unbranched alkanes of at least 4 members (excludes halogenated alkanes) is 3. The van der Waals surface area contributed by atoms with E-state index in [0.717, 1.165) is 6.92 Å². The molecule has 19 heavy (non-hydrogen) atoms. The van der Waals surface area contributed by atoms with Gasteiger partial charge in [0.1, 0.15) is 0 Å². The van der Waals surface area contributed by atoms with Crippen molar-refractivity contribution in [2.75, 3.05) is 13.2 Å². The number of rotatable bonds is 4. The second-order valence-corrected chi connectivity index (χ2v) is 3.47. The Morgan fingerprint density at radius 2 is 1.21 bits per heavy atom. The summed E-state index contributed by atoms with van der Waals surface area (Å²) in [4.78, 5) is 18.8. The van der Waals surface area contributed by atoms with Crippen LogP contribution < -0.4 is 0 Å². The topological polar surface area (TPSA) is 83.8 Å². The lowest BCUT2D eigenvalue weighted by molar-refractivity contribution is -0.140. The Balaban J connectivity index is -0.0000000821. The summed E-state index contributed by atoms with van der Waals surface area (Å²) in [5.41, 5.74) is 0. The van der Waals surface area contributed by atoms with E-state index in [1.54, 1.807) is 13.8 Å². The van der Waals surface area contributed by atoms with E-state index in [2.05, 4.69) is 18.6 Å². The number of hydrogen-bond donors (Lipinski definition) is 2. The molecule has 0 spiro atoms. The molecule has 5 nitrogen and oxygen atoms in total. The van der Waals surface area contributed by atoms with Crippen LogP contribution in [-0.4, -0.2) is 35.4 Å². The number of aliphatic carboxylic acids is 1. The van der Waals surface area contributed by atoms with E-state index >= 15 is 0 Å². The zero-order valence-electron chi connectivity index (χ0n) is 13.4. The number of aliphatic hydroxyl groups excluding tert-OH is 1. The maximum atomic E-state index is 9.82. The summed E-state index contributed by atoms with van der Waals surface area (Å²) < 4.78 is 4.40. The summed E-state index contributed by atoms with van der Waals surface area (Å²) in [6, 6.07) is 0. The Morgan fingerprint density at radius 1 is 0.947 bits per heavy atom. The van der Waals surface area contributed by atoms with Gasteiger partial charge in [-0.15, -0.1) is 0 Å². The molecule has 0 unspecified atom stereocenters. The molecule has 0 atom stereocenters. The van der Waals surface area contributed by atoms with Gasteiger partial charge in [-0.25, -0.2) is 0 Å². The molecule has 0 rings (SSSR count). The first-order chi connectivity index (χ1) is 8.83. The van der Waals surface area contributed by atoms with Crippen LogP contribution >= 0.6 is 0 Å². The van der Waals surface area contributed by atoms with Crippen LogP contribution in [0.4, 0.5) is 0 Å². The van der Waals surface area contributed by atoms with Crippen LogP contribution in [0.2, 0.25) is 0 Å². The molecule has 0 saturated heterocycles. The van der Waals surface area contributed by atoms with Gasteiger partial charge in [0, 0.05) is 20.5 Å². The molecule has 0 aromatic rings. The fraction of sp³-hybridized carbons (Fsp3) is 0.857. The highest BCUT2D eigenvalue weighted by atomic mass is 16.5. The van der Waals surface area contributed by atoms with Gasteiger partial charge in [0.15, 0.2) is 0 Å². The first kappa shape index (κ1) is 26.5. The molecule has 0 aromatic heterocycles. The quantitative estimate of drug-likeness (QED) is 0.610. The third kappa shape index (κ3) is 156. The first-order valence-corrected chi connectivity index (χ1v) is 6.77. The number of hydrogen-bond acceptors (Lipinski definition) is 4. The van der Waals surface area contributed by atoms with Crippen LogP contribution in [0.5, 0.6) is 0 Å². The summed E-state index contributed by atoms with van der Waals surface area (Å²) in [6.45, 7) is 11.1. The van der Waals surface area contributed by atoms with E-state index in [1.165, 1.54) is 32.6 Å². The average Bonchev–Trinajstić information content (AvgIpc) is 2.27. The molecule has 5 heteroatoms. The third-order valence-corrected chi connectivity index (χ3v) is 1.30. The fourth-order valence-corrected chi connectivity index (χ4v) is 0.703. The van der Waals surface area contributed by atoms with Crippen molar-refractivity contribution in [2.24, 2.45) is 0 Å². The number of esters is 1. The Hall–Kier alpha value is -1.10. The van der Waals surface area contributed by atoms with Gasteiger partial charge in [-0.2, -0.15) is 0 Å². The molecule has 0 bridgehead atoms. The van der Waals surface area contributed by atoms with Gasteiger partial charge in [-0.05, 0) is 13.8 Å². The Morgan fingerprint density at radius 3 is 1.26 bits per heavy atom. The van der Waals surface area contributed by atoms with Crippen molar-refractivity contribution < 1.29 is 24.5 Å². The minimum absolute atomic E-state index is 0.211. The molecule has 0 aliphatic carbocycles. The lowest BCUT2D eigenvalue weighted by Crippen LogP contribution is -1.95.